The zero-order chi connectivity index (χ0) is 11.4. The van der Waals surface area contributed by atoms with Crippen LogP contribution in [0.15, 0.2) is 24.3 Å². The lowest BCUT2D eigenvalue weighted by Crippen LogP contribution is -2.17. The van der Waals surface area contributed by atoms with Crippen LogP contribution in [0.25, 0.3) is 0 Å². The number of ether oxygens (including phenoxy) is 2. The summed E-state index contributed by atoms with van der Waals surface area (Å²) < 4.78 is 11.3. The minimum atomic E-state index is -0.0988. The van der Waals surface area contributed by atoms with Crippen LogP contribution in [0.4, 0.5) is 0 Å². The van der Waals surface area contributed by atoms with Crippen LogP contribution >= 0.6 is 0 Å². The molecule has 16 heavy (non-hydrogen) atoms. The SMILES string of the molecule is Cc1cccc(CC2OCC(CCN)O2)c1. The van der Waals surface area contributed by atoms with Crippen LogP contribution in [0.1, 0.15) is 17.5 Å². The van der Waals surface area contributed by atoms with Crippen LogP contribution < -0.4 is 5.73 Å². The second kappa shape index (κ2) is 5.43. The molecule has 1 aromatic carbocycles. The van der Waals surface area contributed by atoms with Gasteiger partial charge in [0.05, 0.1) is 12.7 Å². The number of hydrogen-bond donors (Lipinski definition) is 1. The molecule has 1 aromatic rings. The van der Waals surface area contributed by atoms with Crippen molar-refractivity contribution < 1.29 is 9.47 Å². The summed E-state index contributed by atoms with van der Waals surface area (Å²) in [5.41, 5.74) is 8.03. The Bertz CT molecular complexity index is 340. The Kier molecular flexibility index (Phi) is 3.93. The highest BCUT2D eigenvalue weighted by Gasteiger charge is 2.25. The molecule has 1 heterocycles. The summed E-state index contributed by atoms with van der Waals surface area (Å²) >= 11 is 0. The maximum atomic E-state index is 5.74. The van der Waals surface area contributed by atoms with E-state index in [-0.39, 0.29) is 12.4 Å². The lowest BCUT2D eigenvalue weighted by atomic mass is 10.1. The first kappa shape index (κ1) is 11.6. The van der Waals surface area contributed by atoms with Crippen molar-refractivity contribution in [1.82, 2.24) is 0 Å². The topological polar surface area (TPSA) is 44.5 Å². The van der Waals surface area contributed by atoms with E-state index in [9.17, 15) is 0 Å². The third kappa shape index (κ3) is 3.04. The molecule has 0 bridgehead atoms. The molecule has 1 fully saturated rings. The van der Waals surface area contributed by atoms with Gasteiger partial charge in [0.2, 0.25) is 0 Å². The van der Waals surface area contributed by atoms with Gasteiger partial charge >= 0.3 is 0 Å². The summed E-state index contributed by atoms with van der Waals surface area (Å²) in [6, 6.07) is 8.44. The molecule has 0 aromatic heterocycles. The monoisotopic (exact) mass is 221 g/mol. The molecule has 2 rings (SSSR count). The van der Waals surface area contributed by atoms with E-state index in [0.29, 0.717) is 13.2 Å². The normalized spacial score (nSPS) is 24.9. The van der Waals surface area contributed by atoms with Gasteiger partial charge in [-0.3, -0.25) is 0 Å². The zero-order valence-corrected chi connectivity index (χ0v) is 9.69. The van der Waals surface area contributed by atoms with Crippen molar-refractivity contribution in [3.8, 4) is 0 Å². The van der Waals surface area contributed by atoms with Crippen molar-refractivity contribution in [3.63, 3.8) is 0 Å². The van der Waals surface area contributed by atoms with Crippen molar-refractivity contribution in [1.29, 1.82) is 0 Å². The first-order chi connectivity index (χ1) is 7.78. The van der Waals surface area contributed by atoms with Gasteiger partial charge in [0.25, 0.3) is 0 Å². The predicted octanol–water partition coefficient (Wildman–Crippen LogP) is 1.63. The molecule has 0 aliphatic carbocycles. The van der Waals surface area contributed by atoms with Crippen LogP contribution in [0.2, 0.25) is 0 Å². The van der Waals surface area contributed by atoms with E-state index in [2.05, 4.69) is 31.2 Å². The van der Waals surface area contributed by atoms with Crippen LogP contribution in [0.3, 0.4) is 0 Å². The van der Waals surface area contributed by atoms with Crippen molar-refractivity contribution >= 4 is 0 Å². The molecule has 0 amide bonds. The highest BCUT2D eigenvalue weighted by Crippen LogP contribution is 2.18. The molecule has 2 atom stereocenters. The standard InChI is InChI=1S/C13H19NO2/c1-10-3-2-4-11(7-10)8-13-15-9-12(16-13)5-6-14/h2-4,7,12-13H,5-6,8-9,14H2,1H3. The molecule has 1 saturated heterocycles. The lowest BCUT2D eigenvalue weighted by Gasteiger charge is -2.11. The lowest BCUT2D eigenvalue weighted by molar-refractivity contribution is -0.0563. The van der Waals surface area contributed by atoms with E-state index in [0.717, 1.165) is 12.8 Å². The summed E-state index contributed by atoms with van der Waals surface area (Å²) in [7, 11) is 0. The van der Waals surface area contributed by atoms with Crippen LogP contribution in [0.5, 0.6) is 0 Å². The van der Waals surface area contributed by atoms with E-state index >= 15 is 0 Å². The van der Waals surface area contributed by atoms with Gasteiger partial charge in [-0.15, -0.1) is 0 Å². The number of benzene rings is 1. The van der Waals surface area contributed by atoms with E-state index in [1.54, 1.807) is 0 Å². The summed E-state index contributed by atoms with van der Waals surface area (Å²) in [5.74, 6) is 0. The third-order valence-corrected chi connectivity index (χ3v) is 2.79. The zero-order valence-electron chi connectivity index (χ0n) is 9.69. The van der Waals surface area contributed by atoms with Crippen molar-refractivity contribution in [2.45, 2.75) is 32.2 Å². The maximum absolute atomic E-state index is 5.74. The van der Waals surface area contributed by atoms with E-state index < -0.39 is 0 Å². The van der Waals surface area contributed by atoms with Crippen LogP contribution in [-0.4, -0.2) is 25.5 Å². The first-order valence-corrected chi connectivity index (χ1v) is 5.80. The van der Waals surface area contributed by atoms with Gasteiger partial charge in [0, 0.05) is 6.42 Å². The summed E-state index contributed by atoms with van der Waals surface area (Å²) in [4.78, 5) is 0. The van der Waals surface area contributed by atoms with Gasteiger partial charge in [-0.1, -0.05) is 29.8 Å². The molecule has 3 nitrogen and oxygen atoms in total. The summed E-state index contributed by atoms with van der Waals surface area (Å²) in [6.07, 6.45) is 1.78. The number of rotatable bonds is 4. The Morgan fingerprint density at radius 2 is 2.31 bits per heavy atom. The van der Waals surface area contributed by atoms with E-state index in [1.807, 2.05) is 0 Å². The molecule has 2 N–H and O–H groups in total. The van der Waals surface area contributed by atoms with Gasteiger partial charge < -0.3 is 15.2 Å². The van der Waals surface area contributed by atoms with Crippen molar-refractivity contribution in [2.24, 2.45) is 5.73 Å². The molecule has 1 aliphatic heterocycles. The summed E-state index contributed by atoms with van der Waals surface area (Å²) in [6.45, 7) is 3.43. The van der Waals surface area contributed by atoms with Crippen molar-refractivity contribution in [2.75, 3.05) is 13.2 Å². The highest BCUT2D eigenvalue weighted by atomic mass is 16.7. The second-order valence-electron chi connectivity index (χ2n) is 4.29. The minimum absolute atomic E-state index is 0.0988. The molecule has 88 valence electrons. The van der Waals surface area contributed by atoms with Gasteiger partial charge in [-0.25, -0.2) is 0 Å². The number of nitrogens with two attached hydrogens (primary N) is 1. The van der Waals surface area contributed by atoms with Gasteiger partial charge in [0.15, 0.2) is 6.29 Å². The first-order valence-electron chi connectivity index (χ1n) is 5.80. The van der Waals surface area contributed by atoms with E-state index in [4.69, 9.17) is 15.2 Å². The van der Waals surface area contributed by atoms with Crippen molar-refractivity contribution in [3.05, 3.63) is 35.4 Å². The molecule has 0 saturated carbocycles. The summed E-state index contributed by atoms with van der Waals surface area (Å²) in [5, 5.41) is 0. The Balaban J connectivity index is 1.87. The third-order valence-electron chi connectivity index (χ3n) is 2.79. The number of hydrogen-bond acceptors (Lipinski definition) is 3. The molecule has 0 spiro atoms. The smallest absolute Gasteiger partial charge is 0.162 e. The van der Waals surface area contributed by atoms with Gasteiger partial charge in [-0.05, 0) is 25.5 Å². The predicted molar refractivity (Wildman–Crippen MR) is 63.2 cm³/mol. The Labute approximate surface area is 96.5 Å². The fourth-order valence-electron chi connectivity index (χ4n) is 1.98. The van der Waals surface area contributed by atoms with Gasteiger partial charge in [-0.2, -0.15) is 0 Å². The highest BCUT2D eigenvalue weighted by molar-refractivity contribution is 5.22. The quantitative estimate of drug-likeness (QED) is 0.840. The number of aryl methyl sites for hydroxylation is 1. The molecule has 1 aliphatic rings. The average molecular weight is 221 g/mol. The minimum Gasteiger partial charge on any atom is -0.350 e. The van der Waals surface area contributed by atoms with E-state index in [1.165, 1.54) is 11.1 Å². The van der Waals surface area contributed by atoms with Crippen LogP contribution in [0, 0.1) is 6.92 Å². The maximum Gasteiger partial charge on any atom is 0.162 e. The Hall–Kier alpha value is -0.900. The Morgan fingerprint density at radius 1 is 1.44 bits per heavy atom. The second-order valence-corrected chi connectivity index (χ2v) is 4.29. The molecule has 3 heteroatoms. The average Bonchev–Trinajstić information content (AvgIpc) is 2.66. The Morgan fingerprint density at radius 3 is 3.06 bits per heavy atom. The molecular weight excluding hydrogens is 202 g/mol. The largest absolute Gasteiger partial charge is 0.350 e. The molecule has 2 unspecified atom stereocenters. The molecular formula is C13H19NO2. The van der Waals surface area contributed by atoms with Gasteiger partial charge in [0.1, 0.15) is 0 Å². The van der Waals surface area contributed by atoms with Crippen LogP contribution in [-0.2, 0) is 15.9 Å². The molecule has 0 radical (unpaired) electrons. The fraction of sp³-hybridized carbons (Fsp3) is 0.538. The fourth-order valence-corrected chi connectivity index (χ4v) is 1.98.